The number of hydrogen-bond donors (Lipinski definition) is 1. The molecule has 168 valence electrons. The van der Waals surface area contributed by atoms with Crippen LogP contribution in [0.15, 0.2) is 35.3 Å². The summed E-state index contributed by atoms with van der Waals surface area (Å²) in [6.45, 7) is 0.893. The summed E-state index contributed by atoms with van der Waals surface area (Å²) in [5, 5.41) is 2.99. The van der Waals surface area contributed by atoms with Crippen LogP contribution >= 0.6 is 0 Å². The fraction of sp³-hybridized carbons (Fsp3) is 0.480. The molecule has 0 radical (unpaired) electrons. The van der Waals surface area contributed by atoms with Crippen molar-refractivity contribution in [2.75, 3.05) is 6.54 Å². The van der Waals surface area contributed by atoms with Gasteiger partial charge in [-0.25, -0.2) is 4.39 Å². The maximum atomic E-state index is 13.5. The number of rotatable bonds is 6. The predicted molar refractivity (Wildman–Crippen MR) is 118 cm³/mol. The second-order valence-corrected chi connectivity index (χ2v) is 9.31. The topological polar surface area (TPSA) is 71.4 Å². The zero-order valence-electron chi connectivity index (χ0n) is 18.1. The average molecular weight is 438 g/mol. The van der Waals surface area contributed by atoms with E-state index in [1.165, 1.54) is 41.7 Å². The van der Waals surface area contributed by atoms with E-state index in [9.17, 15) is 18.8 Å². The first-order chi connectivity index (χ1) is 15.5. The molecule has 32 heavy (non-hydrogen) atoms. The summed E-state index contributed by atoms with van der Waals surface area (Å²) in [6, 6.07) is 5.75. The number of halogens is 1. The van der Waals surface area contributed by atoms with Crippen LogP contribution in [0, 0.1) is 11.7 Å². The van der Waals surface area contributed by atoms with Crippen LogP contribution in [0.3, 0.4) is 0 Å². The summed E-state index contributed by atoms with van der Waals surface area (Å²) in [5.41, 5.74) is 1.79. The molecule has 2 aromatic rings. The number of pyridine rings is 1. The standard InChI is InChI=1S/C25H28FN3O3/c26-18-7-9-20(10-8-18)29-15-17-14-28(22(30)11-6-16-4-5-16)13-12-21(17)23(25(29)32)24(31)27-19-2-1-3-19/h7-10,15-16,19H,1-6,11-14H2,(H,27,31). The molecule has 2 aliphatic carbocycles. The molecule has 2 amide bonds. The van der Waals surface area contributed by atoms with E-state index in [4.69, 9.17) is 0 Å². The SMILES string of the molecule is O=C(NC1CCC1)c1c2c(cn(-c3ccc(F)cc3)c1=O)CN(C(=O)CCC1CC1)CC2. The molecule has 2 heterocycles. The fourth-order valence-corrected chi connectivity index (χ4v) is 4.60. The highest BCUT2D eigenvalue weighted by Crippen LogP contribution is 2.34. The molecule has 0 saturated heterocycles. The van der Waals surface area contributed by atoms with E-state index in [0.717, 1.165) is 36.8 Å². The molecular weight excluding hydrogens is 409 g/mol. The molecule has 2 fully saturated rings. The van der Waals surface area contributed by atoms with Crippen LogP contribution in [0.2, 0.25) is 0 Å². The first kappa shape index (κ1) is 20.9. The molecule has 1 N–H and O–H groups in total. The molecule has 0 bridgehead atoms. The normalized spacial score (nSPS) is 18.1. The van der Waals surface area contributed by atoms with Gasteiger partial charge in [0.05, 0.1) is 0 Å². The van der Waals surface area contributed by atoms with E-state index in [1.54, 1.807) is 6.20 Å². The smallest absolute Gasteiger partial charge is 0.268 e. The van der Waals surface area contributed by atoms with E-state index < -0.39 is 11.4 Å². The highest BCUT2D eigenvalue weighted by Gasteiger charge is 2.31. The Morgan fingerprint density at radius 2 is 1.84 bits per heavy atom. The third-order valence-electron chi connectivity index (χ3n) is 6.99. The molecule has 0 atom stereocenters. The van der Waals surface area contributed by atoms with Gasteiger partial charge in [0.15, 0.2) is 0 Å². The lowest BCUT2D eigenvalue weighted by atomic mass is 9.91. The molecule has 5 rings (SSSR count). The number of carbonyl (C=O) groups excluding carboxylic acids is 2. The van der Waals surface area contributed by atoms with E-state index >= 15 is 0 Å². The molecule has 2 saturated carbocycles. The van der Waals surface area contributed by atoms with Crippen molar-refractivity contribution in [2.24, 2.45) is 5.92 Å². The zero-order chi connectivity index (χ0) is 22.2. The quantitative estimate of drug-likeness (QED) is 0.754. The van der Waals surface area contributed by atoms with Crippen LogP contribution in [0.4, 0.5) is 4.39 Å². The number of nitrogens with zero attached hydrogens (tertiary/aromatic N) is 2. The zero-order valence-corrected chi connectivity index (χ0v) is 18.1. The van der Waals surface area contributed by atoms with Gasteiger partial charge in [0, 0.05) is 37.4 Å². The average Bonchev–Trinajstić information content (AvgIpc) is 3.59. The van der Waals surface area contributed by atoms with Gasteiger partial charge in [0.25, 0.3) is 11.5 Å². The molecule has 1 aromatic carbocycles. The van der Waals surface area contributed by atoms with Crippen molar-refractivity contribution in [2.45, 2.75) is 64.0 Å². The van der Waals surface area contributed by atoms with E-state index in [-0.39, 0.29) is 23.4 Å². The lowest BCUT2D eigenvalue weighted by molar-refractivity contribution is -0.132. The van der Waals surface area contributed by atoms with Crippen molar-refractivity contribution < 1.29 is 14.0 Å². The lowest BCUT2D eigenvalue weighted by Crippen LogP contribution is -2.45. The van der Waals surface area contributed by atoms with Crippen LogP contribution in [0.5, 0.6) is 0 Å². The largest absolute Gasteiger partial charge is 0.349 e. The predicted octanol–water partition coefficient (Wildman–Crippen LogP) is 3.33. The second-order valence-electron chi connectivity index (χ2n) is 9.31. The second kappa shape index (κ2) is 8.52. The molecule has 1 aromatic heterocycles. The molecule has 3 aliphatic rings. The lowest BCUT2D eigenvalue weighted by Gasteiger charge is -2.31. The minimum atomic E-state index is -0.402. The third kappa shape index (κ3) is 4.20. The van der Waals surface area contributed by atoms with Crippen LogP contribution in [0.1, 0.15) is 66.4 Å². The van der Waals surface area contributed by atoms with Crippen LogP contribution in [-0.4, -0.2) is 33.9 Å². The molecule has 0 spiro atoms. The van der Waals surface area contributed by atoms with Gasteiger partial charge in [-0.05, 0) is 73.4 Å². The van der Waals surface area contributed by atoms with Crippen molar-refractivity contribution in [3.8, 4) is 5.69 Å². The summed E-state index contributed by atoms with van der Waals surface area (Å²) in [5.74, 6) is 0.0834. The maximum Gasteiger partial charge on any atom is 0.268 e. The summed E-state index contributed by atoms with van der Waals surface area (Å²) in [6.07, 6.45) is 9.06. The number of nitrogens with one attached hydrogen (secondary N) is 1. The Kier molecular flexibility index (Phi) is 5.57. The van der Waals surface area contributed by atoms with Crippen LogP contribution < -0.4 is 10.9 Å². The van der Waals surface area contributed by atoms with Gasteiger partial charge in [-0.2, -0.15) is 0 Å². The molecule has 6 nitrogen and oxygen atoms in total. The van der Waals surface area contributed by atoms with Gasteiger partial charge >= 0.3 is 0 Å². The highest BCUT2D eigenvalue weighted by molar-refractivity contribution is 5.96. The Balaban J connectivity index is 1.49. The number of carbonyl (C=O) groups is 2. The Bertz CT molecular complexity index is 1100. The minimum absolute atomic E-state index is 0.112. The fourth-order valence-electron chi connectivity index (χ4n) is 4.60. The van der Waals surface area contributed by atoms with Gasteiger partial charge in [-0.15, -0.1) is 0 Å². The monoisotopic (exact) mass is 437 g/mol. The first-order valence-electron chi connectivity index (χ1n) is 11.6. The molecule has 0 unspecified atom stereocenters. The maximum absolute atomic E-state index is 13.5. The van der Waals surface area contributed by atoms with Crippen LogP contribution in [0.25, 0.3) is 5.69 Å². The van der Waals surface area contributed by atoms with Crippen molar-refractivity contribution in [1.29, 1.82) is 0 Å². The van der Waals surface area contributed by atoms with Crippen molar-refractivity contribution in [3.63, 3.8) is 0 Å². The minimum Gasteiger partial charge on any atom is -0.349 e. The van der Waals surface area contributed by atoms with Gasteiger partial charge < -0.3 is 10.2 Å². The Labute approximate surface area is 186 Å². The van der Waals surface area contributed by atoms with Crippen molar-refractivity contribution >= 4 is 11.8 Å². The molecule has 1 aliphatic heterocycles. The first-order valence-corrected chi connectivity index (χ1v) is 11.6. The highest BCUT2D eigenvalue weighted by atomic mass is 19.1. The van der Waals surface area contributed by atoms with E-state index in [2.05, 4.69) is 5.32 Å². The summed E-state index contributed by atoms with van der Waals surface area (Å²) in [4.78, 5) is 41.1. The van der Waals surface area contributed by atoms with E-state index in [1.807, 2.05) is 4.90 Å². The summed E-state index contributed by atoms with van der Waals surface area (Å²) in [7, 11) is 0. The number of aromatic nitrogens is 1. The Hall–Kier alpha value is -2.96. The number of benzene rings is 1. The molecular formula is C25H28FN3O3. The van der Waals surface area contributed by atoms with Crippen molar-refractivity contribution in [1.82, 2.24) is 14.8 Å². The van der Waals surface area contributed by atoms with Gasteiger partial charge in [0.1, 0.15) is 11.4 Å². The summed E-state index contributed by atoms with van der Waals surface area (Å²) >= 11 is 0. The van der Waals surface area contributed by atoms with E-state index in [0.29, 0.717) is 37.5 Å². The third-order valence-corrected chi connectivity index (χ3v) is 6.99. The van der Waals surface area contributed by atoms with Crippen LogP contribution in [-0.2, 0) is 17.8 Å². The summed E-state index contributed by atoms with van der Waals surface area (Å²) < 4.78 is 14.9. The van der Waals surface area contributed by atoms with Gasteiger partial charge in [-0.3, -0.25) is 19.0 Å². The number of hydrogen-bond acceptors (Lipinski definition) is 3. The van der Waals surface area contributed by atoms with Crippen molar-refractivity contribution in [3.05, 3.63) is 63.3 Å². The number of fused-ring (bicyclic) bond motifs is 1. The Morgan fingerprint density at radius 1 is 1.09 bits per heavy atom. The number of amides is 2. The van der Waals surface area contributed by atoms with Gasteiger partial charge in [-0.1, -0.05) is 12.8 Å². The molecule has 7 heteroatoms. The van der Waals surface area contributed by atoms with Gasteiger partial charge in [0.2, 0.25) is 5.91 Å². The Morgan fingerprint density at radius 3 is 2.50 bits per heavy atom.